The van der Waals surface area contributed by atoms with E-state index in [0.29, 0.717) is 5.57 Å². The molecular formula is C22H25N5O9S2. The van der Waals surface area contributed by atoms with Crippen molar-refractivity contribution in [1.82, 2.24) is 15.2 Å². The zero-order chi connectivity index (χ0) is 28.0. The highest BCUT2D eigenvalue weighted by molar-refractivity contribution is 8.00. The van der Waals surface area contributed by atoms with E-state index in [4.69, 9.17) is 24.8 Å². The quantitative estimate of drug-likeness (QED) is 0.130. The van der Waals surface area contributed by atoms with Crippen LogP contribution in [-0.2, 0) is 43.0 Å². The lowest BCUT2D eigenvalue weighted by Crippen LogP contribution is -2.71. The molecule has 0 aliphatic carbocycles. The van der Waals surface area contributed by atoms with Crippen molar-refractivity contribution in [1.29, 1.82) is 0 Å². The molecule has 0 aromatic carbocycles. The number of thioether (sulfide) groups is 1. The Morgan fingerprint density at radius 3 is 2.63 bits per heavy atom. The van der Waals surface area contributed by atoms with Crippen LogP contribution in [0.3, 0.4) is 0 Å². The Bertz CT molecular complexity index is 1230. The molecule has 3 atom stereocenters. The van der Waals surface area contributed by atoms with Crippen LogP contribution < -0.4 is 11.1 Å². The average Bonchev–Trinajstić information content (AvgIpc) is 3.27. The first-order valence-electron chi connectivity index (χ1n) is 11.0. The molecule has 38 heavy (non-hydrogen) atoms. The maximum absolute atomic E-state index is 13.2. The summed E-state index contributed by atoms with van der Waals surface area (Å²) < 4.78 is 15.0. The van der Waals surface area contributed by atoms with Gasteiger partial charge in [0.15, 0.2) is 10.8 Å². The number of thiazole rings is 1. The number of nitrogens with two attached hydrogens (primary N) is 1. The van der Waals surface area contributed by atoms with Crippen LogP contribution in [0.2, 0.25) is 0 Å². The summed E-state index contributed by atoms with van der Waals surface area (Å²) in [4.78, 5) is 71.4. The van der Waals surface area contributed by atoms with Gasteiger partial charge in [0.1, 0.15) is 36.5 Å². The van der Waals surface area contributed by atoms with Gasteiger partial charge in [-0.2, -0.15) is 0 Å². The van der Waals surface area contributed by atoms with Gasteiger partial charge in [-0.1, -0.05) is 11.2 Å². The summed E-state index contributed by atoms with van der Waals surface area (Å²) in [5.41, 5.74) is 5.98. The smallest absolute Gasteiger partial charge is 0.358 e. The van der Waals surface area contributed by atoms with Crippen molar-refractivity contribution in [3.05, 3.63) is 34.5 Å². The number of hydrogen-bond donors (Lipinski definition) is 2. The van der Waals surface area contributed by atoms with Gasteiger partial charge in [0.2, 0.25) is 6.29 Å². The molecule has 3 rings (SSSR count). The van der Waals surface area contributed by atoms with Gasteiger partial charge in [0.25, 0.3) is 11.8 Å². The molecule has 14 nitrogen and oxygen atoms in total. The highest BCUT2D eigenvalue weighted by atomic mass is 32.2. The molecule has 2 amide bonds. The largest absolute Gasteiger partial charge is 0.462 e. The average molecular weight is 568 g/mol. The number of nitrogens with zero attached hydrogens (tertiary/aromatic N) is 3. The number of carbonyl (C=O) groups excluding carboxylic acids is 5. The van der Waals surface area contributed by atoms with Gasteiger partial charge >= 0.3 is 17.9 Å². The fourth-order valence-corrected chi connectivity index (χ4v) is 5.35. The number of fused-ring (bicyclic) bond motifs is 1. The van der Waals surface area contributed by atoms with Gasteiger partial charge < -0.3 is 30.1 Å². The molecule has 2 aliphatic heterocycles. The van der Waals surface area contributed by atoms with E-state index in [-0.39, 0.29) is 34.6 Å². The highest BCUT2D eigenvalue weighted by Gasteiger charge is 2.54. The van der Waals surface area contributed by atoms with E-state index in [1.165, 1.54) is 55.2 Å². The van der Waals surface area contributed by atoms with Gasteiger partial charge in [-0.25, -0.2) is 9.78 Å². The minimum Gasteiger partial charge on any atom is -0.462 e. The standard InChI is InChI=1S/C22H25N5O9S2/c1-10(28)34-7-5-6-13-8-37-20-16(25-18(30)15(26-33-4)14-9-38-22(23)24-14)19(31)27(20)17(13)21(32)36-12(3)35-11(2)29/h5-6,9,12,16,20H,7-8H2,1-4H3,(H2,23,24)(H,25,30)/b6-5+,26-15-/t12?,16-,20+/m1/s1. The van der Waals surface area contributed by atoms with Crippen LogP contribution in [0.4, 0.5) is 5.13 Å². The normalized spacial score (nSPS) is 19.8. The molecule has 1 saturated heterocycles. The van der Waals surface area contributed by atoms with Crippen LogP contribution in [0.5, 0.6) is 0 Å². The van der Waals surface area contributed by atoms with E-state index in [1.54, 1.807) is 0 Å². The number of hydrogen-bond acceptors (Lipinski definition) is 14. The second-order valence-corrected chi connectivity index (χ2v) is 9.71. The van der Waals surface area contributed by atoms with Crippen molar-refractivity contribution in [3.8, 4) is 0 Å². The Kier molecular flexibility index (Phi) is 9.46. The molecule has 1 aromatic rings. The Balaban J connectivity index is 1.82. The Morgan fingerprint density at radius 2 is 2.03 bits per heavy atom. The number of aromatic nitrogens is 1. The maximum Gasteiger partial charge on any atom is 0.358 e. The summed E-state index contributed by atoms with van der Waals surface area (Å²) in [6.45, 7) is 3.72. The summed E-state index contributed by atoms with van der Waals surface area (Å²) in [5, 5.41) is 7.41. The third kappa shape index (κ3) is 6.69. The van der Waals surface area contributed by atoms with Crippen molar-refractivity contribution in [2.24, 2.45) is 5.16 Å². The van der Waals surface area contributed by atoms with Crippen LogP contribution in [0.15, 0.2) is 34.0 Å². The molecule has 0 radical (unpaired) electrons. The van der Waals surface area contributed by atoms with Gasteiger partial charge in [0.05, 0.1) is 0 Å². The van der Waals surface area contributed by atoms with Gasteiger partial charge in [0, 0.05) is 31.9 Å². The number of allylic oxidation sites excluding steroid dienone is 1. The monoisotopic (exact) mass is 567 g/mol. The minimum atomic E-state index is -1.21. The van der Waals surface area contributed by atoms with Crippen LogP contribution in [0, 0.1) is 0 Å². The van der Waals surface area contributed by atoms with Crippen molar-refractivity contribution in [2.45, 2.75) is 38.5 Å². The number of ether oxygens (including phenoxy) is 3. The number of esters is 3. The lowest BCUT2D eigenvalue weighted by Gasteiger charge is -2.49. The number of anilines is 1. The SMILES string of the molecule is CO/N=C(\C(=O)N[C@@H]1C(=O)N2C(C(=O)OC(C)OC(C)=O)=C(/C=C/COC(C)=O)CS[C@@H]12)c1csc(N)n1. The van der Waals surface area contributed by atoms with Crippen molar-refractivity contribution in [3.63, 3.8) is 0 Å². The first-order valence-corrected chi connectivity index (χ1v) is 13.0. The van der Waals surface area contributed by atoms with Crippen LogP contribution in [0.1, 0.15) is 26.5 Å². The van der Waals surface area contributed by atoms with Gasteiger partial charge in [-0.15, -0.1) is 23.1 Å². The molecule has 204 valence electrons. The third-order valence-electron chi connectivity index (χ3n) is 4.95. The molecule has 0 saturated carbocycles. The van der Waals surface area contributed by atoms with Crippen LogP contribution >= 0.6 is 23.1 Å². The number of amides is 2. The number of nitrogens with one attached hydrogen (secondary N) is 1. The lowest BCUT2D eigenvalue weighted by molar-refractivity contribution is -0.182. The predicted octanol–water partition coefficient (Wildman–Crippen LogP) is 0.301. The van der Waals surface area contributed by atoms with Gasteiger partial charge in [-0.3, -0.25) is 24.1 Å². The summed E-state index contributed by atoms with van der Waals surface area (Å²) in [6, 6.07) is -0.995. The number of oxime groups is 1. The zero-order valence-electron chi connectivity index (χ0n) is 20.8. The second kappa shape index (κ2) is 12.6. The van der Waals surface area contributed by atoms with E-state index < -0.39 is 47.4 Å². The van der Waals surface area contributed by atoms with E-state index >= 15 is 0 Å². The molecule has 16 heteroatoms. The van der Waals surface area contributed by atoms with Crippen molar-refractivity contribution < 1.29 is 43.0 Å². The highest BCUT2D eigenvalue weighted by Crippen LogP contribution is 2.41. The number of β-lactam (4-membered cyclic amide) rings is 1. The van der Waals surface area contributed by atoms with Crippen molar-refractivity contribution >= 4 is 63.7 Å². The zero-order valence-corrected chi connectivity index (χ0v) is 22.4. The summed E-state index contributed by atoms with van der Waals surface area (Å²) in [7, 11) is 1.26. The minimum absolute atomic E-state index is 0.0471. The Labute approximate surface area is 225 Å². The molecule has 3 heterocycles. The van der Waals surface area contributed by atoms with Gasteiger partial charge in [-0.05, 0) is 11.6 Å². The summed E-state index contributed by atoms with van der Waals surface area (Å²) >= 11 is 2.39. The lowest BCUT2D eigenvalue weighted by atomic mass is 10.0. The number of nitrogen functional groups attached to an aromatic ring is 1. The molecule has 0 spiro atoms. The number of carbonyl (C=O) groups is 5. The first-order chi connectivity index (χ1) is 18.0. The topological polar surface area (TPSA) is 189 Å². The summed E-state index contributed by atoms with van der Waals surface area (Å²) in [5.74, 6) is -3.09. The first kappa shape index (κ1) is 28.6. The number of rotatable bonds is 10. The molecule has 1 fully saturated rings. The molecule has 3 N–H and O–H groups in total. The third-order valence-corrected chi connectivity index (χ3v) is 6.92. The van der Waals surface area contributed by atoms with E-state index in [0.717, 1.165) is 18.3 Å². The fourth-order valence-electron chi connectivity index (χ4n) is 3.48. The maximum atomic E-state index is 13.2. The predicted molar refractivity (Wildman–Crippen MR) is 135 cm³/mol. The molecular weight excluding hydrogens is 542 g/mol. The Hall–Kier alpha value is -3.92. The summed E-state index contributed by atoms with van der Waals surface area (Å²) in [6.07, 6.45) is 1.84. The molecule has 0 bridgehead atoms. The Morgan fingerprint density at radius 1 is 1.29 bits per heavy atom. The van der Waals surface area contributed by atoms with Crippen LogP contribution in [0.25, 0.3) is 0 Å². The van der Waals surface area contributed by atoms with Crippen molar-refractivity contribution in [2.75, 3.05) is 25.2 Å². The second-order valence-electron chi connectivity index (χ2n) is 7.72. The van der Waals surface area contributed by atoms with E-state index in [2.05, 4.69) is 15.5 Å². The van der Waals surface area contributed by atoms with E-state index in [9.17, 15) is 24.0 Å². The van der Waals surface area contributed by atoms with E-state index in [1.807, 2.05) is 0 Å². The molecule has 2 aliphatic rings. The van der Waals surface area contributed by atoms with Crippen LogP contribution in [-0.4, -0.2) is 82.5 Å². The fraction of sp³-hybridized carbons (Fsp3) is 0.409. The molecule has 1 unspecified atom stereocenters. The molecule has 1 aromatic heterocycles.